The molecule has 0 saturated carbocycles. The molecule has 0 aliphatic carbocycles. The third-order valence-electron chi connectivity index (χ3n) is 3.68. The number of hydrogen-bond donors (Lipinski definition) is 1. The van der Waals surface area contributed by atoms with Crippen molar-refractivity contribution in [2.24, 2.45) is 0 Å². The topological polar surface area (TPSA) is 46.9 Å². The van der Waals surface area contributed by atoms with E-state index in [1.165, 1.54) is 23.5 Å². The molecule has 4 nitrogen and oxygen atoms in total. The highest BCUT2D eigenvalue weighted by atomic mass is 32.1. The molecule has 1 N–H and O–H groups in total. The number of halogens is 2. The van der Waals surface area contributed by atoms with Crippen molar-refractivity contribution in [2.75, 3.05) is 0 Å². The van der Waals surface area contributed by atoms with E-state index in [9.17, 15) is 13.6 Å². The van der Waals surface area contributed by atoms with E-state index < -0.39 is 11.6 Å². The van der Waals surface area contributed by atoms with Crippen molar-refractivity contribution in [2.45, 2.75) is 26.3 Å². The summed E-state index contributed by atoms with van der Waals surface area (Å²) in [6, 6.07) is 7.06. The van der Waals surface area contributed by atoms with Gasteiger partial charge in [0.15, 0.2) is 5.13 Å². The Balaban J connectivity index is 1.81. The SMILES string of the molecule is CC(C)c1nc(-n2cccc2)sc1C(=O)NCc1ccc(F)cc1F. The van der Waals surface area contributed by atoms with Crippen molar-refractivity contribution in [3.8, 4) is 5.13 Å². The second-order valence-electron chi connectivity index (χ2n) is 5.87. The van der Waals surface area contributed by atoms with Crippen LogP contribution in [0.4, 0.5) is 8.78 Å². The summed E-state index contributed by atoms with van der Waals surface area (Å²) in [6.07, 6.45) is 3.72. The van der Waals surface area contributed by atoms with Crippen LogP contribution in [0.1, 0.15) is 40.7 Å². The molecule has 0 fully saturated rings. The quantitative estimate of drug-likeness (QED) is 0.738. The highest BCUT2D eigenvalue weighted by Gasteiger charge is 2.21. The number of nitrogens with zero attached hydrogens (tertiary/aromatic N) is 2. The summed E-state index contributed by atoms with van der Waals surface area (Å²) in [4.78, 5) is 17.6. The fraction of sp³-hybridized carbons (Fsp3) is 0.222. The average molecular weight is 361 g/mol. The summed E-state index contributed by atoms with van der Waals surface area (Å²) in [5, 5.41) is 3.39. The van der Waals surface area contributed by atoms with Gasteiger partial charge < -0.3 is 9.88 Å². The van der Waals surface area contributed by atoms with Gasteiger partial charge in [-0.05, 0) is 24.1 Å². The molecule has 0 aliphatic rings. The maximum atomic E-state index is 13.7. The van der Waals surface area contributed by atoms with E-state index in [2.05, 4.69) is 10.3 Å². The fourth-order valence-corrected chi connectivity index (χ4v) is 3.47. The molecule has 3 rings (SSSR count). The van der Waals surface area contributed by atoms with Crippen molar-refractivity contribution in [3.63, 3.8) is 0 Å². The molecule has 0 aliphatic heterocycles. The van der Waals surface area contributed by atoms with E-state index in [-0.39, 0.29) is 23.9 Å². The summed E-state index contributed by atoms with van der Waals surface area (Å²) in [7, 11) is 0. The number of hydrogen-bond acceptors (Lipinski definition) is 3. The molecular formula is C18H17F2N3OS. The zero-order chi connectivity index (χ0) is 18.0. The Labute approximate surface area is 148 Å². The molecule has 7 heteroatoms. The normalized spacial score (nSPS) is 11.1. The number of carbonyl (C=O) groups is 1. The van der Waals surface area contributed by atoms with Crippen LogP contribution in [-0.2, 0) is 6.54 Å². The lowest BCUT2D eigenvalue weighted by molar-refractivity contribution is 0.0953. The molecule has 0 spiro atoms. The van der Waals surface area contributed by atoms with Crippen molar-refractivity contribution in [1.82, 2.24) is 14.9 Å². The van der Waals surface area contributed by atoms with Gasteiger partial charge in [0.25, 0.3) is 5.91 Å². The molecule has 2 aromatic heterocycles. The Morgan fingerprint density at radius 3 is 2.64 bits per heavy atom. The largest absolute Gasteiger partial charge is 0.347 e. The van der Waals surface area contributed by atoms with Crippen LogP contribution in [-0.4, -0.2) is 15.5 Å². The van der Waals surface area contributed by atoms with Gasteiger partial charge in [-0.2, -0.15) is 0 Å². The second kappa shape index (κ2) is 7.14. The summed E-state index contributed by atoms with van der Waals surface area (Å²) in [5.74, 6) is -1.57. The Hall–Kier alpha value is -2.54. The summed E-state index contributed by atoms with van der Waals surface area (Å²) in [6.45, 7) is 3.91. The Kier molecular flexibility index (Phi) is 4.94. The minimum atomic E-state index is -0.679. The summed E-state index contributed by atoms with van der Waals surface area (Å²) >= 11 is 1.28. The number of amides is 1. The van der Waals surface area contributed by atoms with Crippen LogP contribution in [0.2, 0.25) is 0 Å². The first-order chi connectivity index (χ1) is 12.0. The Morgan fingerprint density at radius 2 is 2.00 bits per heavy atom. The smallest absolute Gasteiger partial charge is 0.263 e. The molecule has 3 aromatic rings. The molecule has 0 atom stereocenters. The minimum absolute atomic E-state index is 0.0146. The minimum Gasteiger partial charge on any atom is -0.347 e. The van der Waals surface area contributed by atoms with Gasteiger partial charge in [0.1, 0.15) is 16.5 Å². The van der Waals surface area contributed by atoms with Crippen LogP contribution < -0.4 is 5.32 Å². The predicted octanol–water partition coefficient (Wildman–Crippen LogP) is 4.27. The molecule has 1 amide bonds. The van der Waals surface area contributed by atoms with Gasteiger partial charge in [-0.25, -0.2) is 13.8 Å². The van der Waals surface area contributed by atoms with E-state index in [1.54, 1.807) is 0 Å². The molecule has 1 aromatic carbocycles. The van der Waals surface area contributed by atoms with Crippen LogP contribution in [0.5, 0.6) is 0 Å². The highest BCUT2D eigenvalue weighted by Crippen LogP contribution is 2.27. The molecule has 130 valence electrons. The van der Waals surface area contributed by atoms with Gasteiger partial charge in [0, 0.05) is 30.6 Å². The van der Waals surface area contributed by atoms with E-state index in [0.29, 0.717) is 15.7 Å². The van der Waals surface area contributed by atoms with Crippen LogP contribution in [0.15, 0.2) is 42.7 Å². The van der Waals surface area contributed by atoms with Crippen molar-refractivity contribution < 1.29 is 13.6 Å². The lowest BCUT2D eigenvalue weighted by atomic mass is 10.1. The third kappa shape index (κ3) is 3.76. The Morgan fingerprint density at radius 1 is 1.28 bits per heavy atom. The summed E-state index contributed by atoms with van der Waals surface area (Å²) in [5.41, 5.74) is 0.932. The number of carbonyl (C=O) groups excluding carboxylic acids is 1. The zero-order valence-corrected chi connectivity index (χ0v) is 14.6. The van der Waals surface area contributed by atoms with Crippen molar-refractivity contribution in [3.05, 3.63) is 70.5 Å². The molecule has 0 saturated heterocycles. The van der Waals surface area contributed by atoms with Crippen LogP contribution >= 0.6 is 11.3 Å². The molecule has 0 radical (unpaired) electrons. The van der Waals surface area contributed by atoms with E-state index >= 15 is 0 Å². The number of nitrogens with one attached hydrogen (secondary N) is 1. The summed E-state index contributed by atoms with van der Waals surface area (Å²) < 4.78 is 28.5. The van der Waals surface area contributed by atoms with Gasteiger partial charge in [-0.1, -0.05) is 31.3 Å². The highest BCUT2D eigenvalue weighted by molar-refractivity contribution is 7.16. The first kappa shape index (κ1) is 17.3. The van der Waals surface area contributed by atoms with Gasteiger partial charge in [0.2, 0.25) is 0 Å². The zero-order valence-electron chi connectivity index (χ0n) is 13.8. The fourth-order valence-electron chi connectivity index (χ4n) is 2.37. The van der Waals surface area contributed by atoms with E-state index in [0.717, 1.165) is 6.07 Å². The third-order valence-corrected chi connectivity index (χ3v) is 4.76. The molecule has 0 unspecified atom stereocenters. The maximum Gasteiger partial charge on any atom is 0.263 e. The second-order valence-corrected chi connectivity index (χ2v) is 6.85. The van der Waals surface area contributed by atoms with Gasteiger partial charge in [-0.15, -0.1) is 0 Å². The number of benzene rings is 1. The maximum absolute atomic E-state index is 13.7. The number of aromatic nitrogens is 2. The lowest BCUT2D eigenvalue weighted by Gasteiger charge is -2.07. The number of thiazole rings is 1. The number of rotatable bonds is 5. The first-order valence-electron chi connectivity index (χ1n) is 7.82. The van der Waals surface area contributed by atoms with Crippen LogP contribution in [0, 0.1) is 11.6 Å². The monoisotopic (exact) mass is 361 g/mol. The molecule has 25 heavy (non-hydrogen) atoms. The molecule has 2 heterocycles. The molecule has 0 bridgehead atoms. The van der Waals surface area contributed by atoms with Gasteiger partial charge in [-0.3, -0.25) is 4.79 Å². The van der Waals surface area contributed by atoms with Crippen LogP contribution in [0.3, 0.4) is 0 Å². The lowest BCUT2D eigenvalue weighted by Crippen LogP contribution is -2.23. The Bertz CT molecular complexity index is 888. The standard InChI is InChI=1S/C18H17F2N3OS/c1-11(2)15-16(25-18(22-15)23-7-3-4-8-23)17(24)21-10-12-5-6-13(19)9-14(12)20/h3-9,11H,10H2,1-2H3,(H,21,24). The van der Waals surface area contributed by atoms with Gasteiger partial charge >= 0.3 is 0 Å². The first-order valence-corrected chi connectivity index (χ1v) is 8.63. The van der Waals surface area contributed by atoms with Gasteiger partial charge in [0.05, 0.1) is 5.69 Å². The van der Waals surface area contributed by atoms with E-state index in [1.807, 2.05) is 42.9 Å². The van der Waals surface area contributed by atoms with E-state index in [4.69, 9.17) is 0 Å². The molecular weight excluding hydrogens is 344 g/mol. The van der Waals surface area contributed by atoms with Crippen molar-refractivity contribution in [1.29, 1.82) is 0 Å². The average Bonchev–Trinajstić information content (AvgIpc) is 3.23. The van der Waals surface area contributed by atoms with Crippen LogP contribution in [0.25, 0.3) is 5.13 Å². The predicted molar refractivity (Wildman–Crippen MR) is 93.1 cm³/mol. The van der Waals surface area contributed by atoms with Crippen molar-refractivity contribution >= 4 is 17.2 Å².